The molecule has 0 saturated carbocycles. The van der Waals surface area contributed by atoms with Gasteiger partial charge in [0, 0.05) is 37.0 Å². The molecule has 4 heterocycles. The number of methoxy groups -OCH3 is 1. The Morgan fingerprint density at radius 2 is 1.93 bits per heavy atom. The van der Waals surface area contributed by atoms with Gasteiger partial charge in [-0.15, -0.1) is 0 Å². The number of fused-ring (bicyclic) bond motifs is 3. The smallest absolute Gasteiger partial charge is 0.410 e. The number of halogens is 2. The van der Waals surface area contributed by atoms with E-state index in [2.05, 4.69) is 15.0 Å². The largest absolute Gasteiger partial charge is 0.489 e. The average Bonchev–Trinajstić information content (AvgIpc) is 3.09. The lowest BCUT2D eigenvalue weighted by molar-refractivity contribution is 0.0202. The first-order valence-corrected chi connectivity index (χ1v) is 13.4. The minimum atomic E-state index is -0.609. The van der Waals surface area contributed by atoms with Crippen LogP contribution in [0.4, 0.5) is 15.0 Å². The summed E-state index contributed by atoms with van der Waals surface area (Å²) in [6.07, 6.45) is 2.61. The van der Waals surface area contributed by atoms with E-state index in [9.17, 15) is 4.79 Å². The molecule has 11 heteroatoms. The third-order valence-electron chi connectivity index (χ3n) is 7.28. The molecular formula is C29H29ClFN5O4. The highest BCUT2D eigenvalue weighted by atomic mass is 35.5. The molecule has 9 nitrogen and oxygen atoms in total. The van der Waals surface area contributed by atoms with Crippen molar-refractivity contribution in [3.63, 3.8) is 0 Å². The van der Waals surface area contributed by atoms with Crippen LogP contribution < -0.4 is 14.4 Å². The molecule has 0 aliphatic carbocycles. The first-order valence-electron chi connectivity index (χ1n) is 13.0. The molecule has 0 unspecified atom stereocenters. The highest BCUT2D eigenvalue weighted by Crippen LogP contribution is 2.50. The summed E-state index contributed by atoms with van der Waals surface area (Å²) in [5.74, 6) is 0.610. The summed E-state index contributed by atoms with van der Waals surface area (Å²) in [6.45, 7) is 8.83. The maximum absolute atomic E-state index is 16.6. The van der Waals surface area contributed by atoms with Crippen molar-refractivity contribution in [2.45, 2.75) is 39.3 Å². The molecular weight excluding hydrogens is 537 g/mol. The van der Waals surface area contributed by atoms with Gasteiger partial charge in [0.25, 0.3) is 0 Å². The van der Waals surface area contributed by atoms with Crippen LogP contribution in [0.1, 0.15) is 26.3 Å². The Morgan fingerprint density at radius 1 is 1.12 bits per heavy atom. The normalized spacial score (nSPS) is 16.9. The van der Waals surface area contributed by atoms with Gasteiger partial charge in [0.05, 0.1) is 28.9 Å². The van der Waals surface area contributed by atoms with Gasteiger partial charge in [-0.25, -0.2) is 24.1 Å². The van der Waals surface area contributed by atoms with Crippen LogP contribution in [0.5, 0.6) is 11.6 Å². The van der Waals surface area contributed by atoms with Crippen LogP contribution in [-0.2, 0) is 4.74 Å². The fourth-order valence-electron chi connectivity index (χ4n) is 5.53. The second-order valence-corrected chi connectivity index (χ2v) is 11.4. The number of aryl methyl sites for hydroxylation is 1. The van der Waals surface area contributed by atoms with Gasteiger partial charge in [-0.2, -0.15) is 0 Å². The number of benzene rings is 2. The molecule has 1 amide bonds. The van der Waals surface area contributed by atoms with E-state index in [4.69, 9.17) is 25.8 Å². The molecule has 208 valence electrons. The highest BCUT2D eigenvalue weighted by molar-refractivity contribution is 6.37. The monoisotopic (exact) mass is 565 g/mol. The highest BCUT2D eigenvalue weighted by Gasteiger charge is 2.38. The lowest BCUT2D eigenvalue weighted by Gasteiger charge is -2.41. The van der Waals surface area contributed by atoms with Crippen molar-refractivity contribution < 1.29 is 23.4 Å². The summed E-state index contributed by atoms with van der Waals surface area (Å²) < 4.78 is 34.1. The molecule has 2 aromatic carbocycles. The van der Waals surface area contributed by atoms with Gasteiger partial charge in [-0.3, -0.25) is 0 Å². The fourth-order valence-corrected chi connectivity index (χ4v) is 5.86. The number of pyridine rings is 1. The van der Waals surface area contributed by atoms with Crippen molar-refractivity contribution in [2.75, 3.05) is 38.3 Å². The molecule has 4 aromatic rings. The van der Waals surface area contributed by atoms with E-state index in [1.54, 1.807) is 11.1 Å². The number of anilines is 1. The Kier molecular flexibility index (Phi) is 6.33. The molecule has 6 rings (SSSR count). The predicted molar refractivity (Wildman–Crippen MR) is 151 cm³/mol. The van der Waals surface area contributed by atoms with Crippen LogP contribution >= 0.6 is 11.6 Å². The van der Waals surface area contributed by atoms with Crippen LogP contribution in [0.15, 0.2) is 30.7 Å². The van der Waals surface area contributed by atoms with Crippen LogP contribution in [0.2, 0.25) is 5.02 Å². The lowest BCUT2D eigenvalue weighted by atomic mass is 9.93. The third kappa shape index (κ3) is 4.21. The molecule has 2 aliphatic heterocycles. The predicted octanol–water partition coefficient (Wildman–Crippen LogP) is 5.77. The zero-order chi connectivity index (χ0) is 28.3. The van der Waals surface area contributed by atoms with E-state index in [0.29, 0.717) is 53.4 Å². The second-order valence-electron chi connectivity index (χ2n) is 11.0. The molecule has 1 atom stereocenters. The van der Waals surface area contributed by atoms with E-state index in [1.807, 2.05) is 50.8 Å². The number of rotatable bonds is 2. The van der Waals surface area contributed by atoms with Crippen LogP contribution in [-0.4, -0.2) is 70.9 Å². The van der Waals surface area contributed by atoms with Crippen molar-refractivity contribution >= 4 is 45.2 Å². The number of hydrogen-bond acceptors (Lipinski definition) is 8. The third-order valence-corrected chi connectivity index (χ3v) is 7.64. The molecule has 0 N–H and O–H groups in total. The molecule has 1 saturated heterocycles. The number of ether oxygens (including phenoxy) is 3. The number of aromatic nitrogens is 3. The Hall–Kier alpha value is -3.92. The Labute approximate surface area is 235 Å². The average molecular weight is 566 g/mol. The number of piperazine rings is 1. The van der Waals surface area contributed by atoms with Crippen molar-refractivity contribution in [3.05, 3.63) is 47.1 Å². The Morgan fingerprint density at radius 3 is 2.67 bits per heavy atom. The molecule has 1 fully saturated rings. The Balaban J connectivity index is 1.50. The minimum absolute atomic E-state index is 0.105. The van der Waals surface area contributed by atoms with Gasteiger partial charge in [0.2, 0.25) is 5.88 Å². The van der Waals surface area contributed by atoms with Gasteiger partial charge in [0.15, 0.2) is 11.6 Å². The number of carbonyl (C=O) groups is 1. The number of hydrogen-bond donors (Lipinski definition) is 0. The zero-order valence-electron chi connectivity index (χ0n) is 22.9. The number of carbonyl (C=O) groups excluding carboxylic acids is 1. The van der Waals surface area contributed by atoms with E-state index < -0.39 is 11.4 Å². The maximum atomic E-state index is 16.6. The second kappa shape index (κ2) is 9.62. The van der Waals surface area contributed by atoms with Gasteiger partial charge < -0.3 is 24.0 Å². The topological polar surface area (TPSA) is 89.9 Å². The van der Waals surface area contributed by atoms with Crippen LogP contribution in [0.25, 0.3) is 32.8 Å². The first kappa shape index (κ1) is 26.3. The van der Waals surface area contributed by atoms with Gasteiger partial charge in [-0.1, -0.05) is 23.7 Å². The lowest BCUT2D eigenvalue weighted by Crippen LogP contribution is -2.57. The van der Waals surface area contributed by atoms with E-state index in [0.717, 1.165) is 10.9 Å². The minimum Gasteiger partial charge on any atom is -0.489 e. The number of nitrogens with zero attached hydrogens (tertiary/aromatic N) is 5. The number of amides is 1. The summed E-state index contributed by atoms with van der Waals surface area (Å²) in [7, 11) is 1.53. The summed E-state index contributed by atoms with van der Waals surface area (Å²) in [6, 6.07) is 5.43. The van der Waals surface area contributed by atoms with Gasteiger partial charge >= 0.3 is 6.09 Å². The molecule has 2 aromatic heterocycles. The first-order chi connectivity index (χ1) is 19.1. The quantitative estimate of drug-likeness (QED) is 0.302. The van der Waals surface area contributed by atoms with Gasteiger partial charge in [0.1, 0.15) is 29.9 Å². The van der Waals surface area contributed by atoms with Crippen molar-refractivity contribution in [3.8, 4) is 22.8 Å². The molecule has 2 aliphatic rings. The standard InChI is InChI=1S/C29H29ClFN5O4/c1-15-6-7-16-8-9-32-27(38-5)19(16)18(15)20-22(30)25-21-24(23(20)31)33-14-34-26(21)36-11-10-35(12-17(36)13-39-25)28(37)40-29(2,3)4/h6-9,14,17H,10-13H2,1-5H3/t17-/m0/s1. The van der Waals surface area contributed by atoms with Gasteiger partial charge in [-0.05, 0) is 44.7 Å². The zero-order valence-corrected chi connectivity index (χ0v) is 23.7. The summed E-state index contributed by atoms with van der Waals surface area (Å²) >= 11 is 7.04. The van der Waals surface area contributed by atoms with E-state index in [-0.39, 0.29) is 34.8 Å². The molecule has 40 heavy (non-hydrogen) atoms. The molecule has 0 bridgehead atoms. The Bertz CT molecular complexity index is 1670. The van der Waals surface area contributed by atoms with Crippen molar-refractivity contribution in [1.29, 1.82) is 0 Å². The summed E-state index contributed by atoms with van der Waals surface area (Å²) in [5.41, 5.74) is 1.01. The van der Waals surface area contributed by atoms with E-state index >= 15 is 4.39 Å². The molecule has 0 radical (unpaired) electrons. The summed E-state index contributed by atoms with van der Waals surface area (Å²) in [5, 5.41) is 2.00. The van der Waals surface area contributed by atoms with Crippen LogP contribution in [0, 0.1) is 12.7 Å². The van der Waals surface area contributed by atoms with Crippen molar-refractivity contribution in [2.24, 2.45) is 0 Å². The summed E-state index contributed by atoms with van der Waals surface area (Å²) in [4.78, 5) is 29.7. The fraction of sp³-hybridized carbons (Fsp3) is 0.379. The van der Waals surface area contributed by atoms with Crippen LogP contribution in [0.3, 0.4) is 0 Å². The molecule has 0 spiro atoms. The SMILES string of the molecule is COc1nccc2ccc(C)c(-c3c(Cl)c4c5c(ncnc5c3F)N3CCN(C(=O)OC(C)(C)C)C[C@H]3CO4)c12. The van der Waals surface area contributed by atoms with E-state index in [1.165, 1.54) is 13.4 Å². The maximum Gasteiger partial charge on any atom is 0.410 e. The van der Waals surface area contributed by atoms with Crippen molar-refractivity contribution in [1.82, 2.24) is 19.9 Å².